The molecule has 0 radical (unpaired) electrons. The van der Waals surface area contributed by atoms with Crippen molar-refractivity contribution in [2.24, 2.45) is 0 Å². The third-order valence-electron chi connectivity index (χ3n) is 3.63. The van der Waals surface area contributed by atoms with Gasteiger partial charge in [-0.25, -0.2) is 4.98 Å². The third kappa shape index (κ3) is 3.28. The van der Waals surface area contributed by atoms with E-state index in [-0.39, 0.29) is 5.25 Å². The lowest BCUT2D eigenvalue weighted by atomic mass is 9.99. The Morgan fingerprint density at radius 1 is 1.41 bits per heavy atom. The molecular formula is C15H16ClN3O2S. The van der Waals surface area contributed by atoms with Gasteiger partial charge in [-0.3, -0.25) is 9.89 Å². The van der Waals surface area contributed by atoms with E-state index in [1.807, 2.05) is 0 Å². The molecule has 1 atom stereocenters. The Balaban J connectivity index is 1.82. The number of thioether (sulfide) groups is 1. The lowest BCUT2D eigenvalue weighted by Crippen LogP contribution is -2.21. The van der Waals surface area contributed by atoms with Crippen LogP contribution in [0.4, 0.5) is 0 Å². The molecule has 0 unspecified atom stereocenters. The van der Waals surface area contributed by atoms with Gasteiger partial charge in [-0.15, -0.1) is 5.10 Å². The molecule has 0 amide bonds. The highest BCUT2D eigenvalue weighted by molar-refractivity contribution is 8.00. The third-order valence-corrected chi connectivity index (χ3v) is 5.04. The summed E-state index contributed by atoms with van der Waals surface area (Å²) in [6, 6.07) is 5.33. The number of rotatable bonds is 4. The van der Waals surface area contributed by atoms with Crippen molar-refractivity contribution >= 4 is 29.1 Å². The zero-order valence-corrected chi connectivity index (χ0v) is 13.7. The molecule has 3 rings (SSSR count). The van der Waals surface area contributed by atoms with E-state index < -0.39 is 0 Å². The number of halogens is 1. The van der Waals surface area contributed by atoms with Gasteiger partial charge in [-0.1, -0.05) is 29.8 Å². The van der Waals surface area contributed by atoms with E-state index in [9.17, 15) is 4.79 Å². The van der Waals surface area contributed by atoms with Gasteiger partial charge in [0.25, 0.3) is 0 Å². The van der Waals surface area contributed by atoms with Crippen LogP contribution in [0.1, 0.15) is 25.7 Å². The number of hydrogen-bond acceptors (Lipinski definition) is 5. The van der Waals surface area contributed by atoms with E-state index in [4.69, 9.17) is 16.3 Å². The minimum absolute atomic E-state index is 0.0290. The fourth-order valence-electron chi connectivity index (χ4n) is 2.49. The van der Waals surface area contributed by atoms with Gasteiger partial charge in [0.1, 0.15) is 11.5 Å². The molecule has 1 aromatic carbocycles. The number of benzene rings is 1. The Morgan fingerprint density at radius 3 is 3.05 bits per heavy atom. The first-order valence-corrected chi connectivity index (χ1v) is 8.39. The fraction of sp³-hybridized carbons (Fsp3) is 0.400. The second-order valence-corrected chi connectivity index (χ2v) is 6.74. The van der Waals surface area contributed by atoms with Crippen LogP contribution in [0.5, 0.6) is 5.75 Å². The van der Waals surface area contributed by atoms with Crippen LogP contribution in [-0.4, -0.2) is 33.3 Å². The van der Waals surface area contributed by atoms with Crippen LogP contribution in [0.25, 0.3) is 11.4 Å². The number of carbonyl (C=O) groups is 1. The minimum Gasteiger partial charge on any atom is -0.496 e. The summed E-state index contributed by atoms with van der Waals surface area (Å²) in [5.41, 5.74) is 0.754. The van der Waals surface area contributed by atoms with Gasteiger partial charge >= 0.3 is 0 Å². The number of carbonyl (C=O) groups excluding carboxylic acids is 1. The van der Waals surface area contributed by atoms with Crippen LogP contribution in [0.3, 0.4) is 0 Å². The van der Waals surface area contributed by atoms with E-state index in [1.54, 1.807) is 25.3 Å². The highest BCUT2D eigenvalue weighted by Crippen LogP contribution is 2.33. The van der Waals surface area contributed by atoms with E-state index in [1.165, 1.54) is 11.8 Å². The predicted molar refractivity (Wildman–Crippen MR) is 86.5 cm³/mol. The lowest BCUT2D eigenvalue weighted by Gasteiger charge is -2.17. The molecule has 1 aromatic heterocycles. The van der Waals surface area contributed by atoms with Gasteiger partial charge < -0.3 is 4.74 Å². The first-order chi connectivity index (χ1) is 10.7. The average Bonchev–Trinajstić information content (AvgIpc) is 2.98. The zero-order chi connectivity index (χ0) is 15.5. The van der Waals surface area contributed by atoms with Gasteiger partial charge in [0.05, 0.1) is 17.9 Å². The number of ketones is 1. The summed E-state index contributed by atoms with van der Waals surface area (Å²) in [4.78, 5) is 16.4. The number of H-pyrrole nitrogens is 1. The maximum atomic E-state index is 11.9. The standard InChI is InChI=1S/C15H16ClN3O2S/c1-21-12-7-6-9(16)8-10(12)14-17-15(19-18-14)22-13-5-3-2-4-11(13)20/h6-8,13H,2-5H2,1H3,(H,17,18,19)/t13-/m0/s1. The summed E-state index contributed by atoms with van der Waals surface area (Å²) in [6.07, 6.45) is 3.64. The Kier molecular flexibility index (Phi) is 4.69. The zero-order valence-electron chi connectivity index (χ0n) is 12.1. The number of nitrogens with one attached hydrogen (secondary N) is 1. The molecular weight excluding hydrogens is 322 g/mol. The molecule has 22 heavy (non-hydrogen) atoms. The molecule has 1 aliphatic carbocycles. The van der Waals surface area contributed by atoms with E-state index in [0.29, 0.717) is 34.0 Å². The molecule has 5 nitrogen and oxygen atoms in total. The van der Waals surface area contributed by atoms with Crippen LogP contribution >= 0.6 is 23.4 Å². The Morgan fingerprint density at radius 2 is 2.27 bits per heavy atom. The summed E-state index contributed by atoms with van der Waals surface area (Å²) in [6.45, 7) is 0. The van der Waals surface area contributed by atoms with Crippen LogP contribution < -0.4 is 4.74 Å². The number of methoxy groups -OCH3 is 1. The lowest BCUT2D eigenvalue weighted by molar-refractivity contribution is -0.119. The first kappa shape index (κ1) is 15.4. The number of aromatic nitrogens is 3. The summed E-state index contributed by atoms with van der Waals surface area (Å²) in [5.74, 6) is 1.55. The maximum absolute atomic E-state index is 11.9. The van der Waals surface area contributed by atoms with Crippen molar-refractivity contribution in [2.45, 2.75) is 36.1 Å². The summed E-state index contributed by atoms with van der Waals surface area (Å²) >= 11 is 7.47. The van der Waals surface area contributed by atoms with Crippen LogP contribution in [0.15, 0.2) is 23.4 Å². The van der Waals surface area contributed by atoms with Gasteiger partial charge in [0, 0.05) is 11.4 Å². The van der Waals surface area contributed by atoms with Gasteiger partial charge in [-0.2, -0.15) is 0 Å². The average molecular weight is 338 g/mol. The van der Waals surface area contributed by atoms with Crippen molar-refractivity contribution in [1.82, 2.24) is 15.2 Å². The number of aromatic amines is 1. The van der Waals surface area contributed by atoms with Crippen LogP contribution in [0.2, 0.25) is 5.02 Å². The van der Waals surface area contributed by atoms with Crippen molar-refractivity contribution in [3.05, 3.63) is 23.2 Å². The molecule has 1 N–H and O–H groups in total. The number of nitrogens with zero attached hydrogens (tertiary/aromatic N) is 2. The quantitative estimate of drug-likeness (QED) is 0.920. The molecule has 1 heterocycles. The number of hydrogen-bond donors (Lipinski definition) is 1. The smallest absolute Gasteiger partial charge is 0.209 e. The molecule has 7 heteroatoms. The molecule has 0 saturated heterocycles. The second-order valence-electron chi connectivity index (χ2n) is 5.13. The summed E-state index contributed by atoms with van der Waals surface area (Å²) in [7, 11) is 1.60. The van der Waals surface area contributed by atoms with Crippen LogP contribution in [0, 0.1) is 0 Å². The molecule has 0 aliphatic heterocycles. The van der Waals surface area contributed by atoms with E-state index >= 15 is 0 Å². The molecule has 1 fully saturated rings. The van der Waals surface area contributed by atoms with Crippen molar-refractivity contribution in [2.75, 3.05) is 7.11 Å². The molecule has 1 saturated carbocycles. The normalized spacial score (nSPS) is 18.5. The van der Waals surface area contributed by atoms with Gasteiger partial charge in [-0.05, 0) is 31.0 Å². The molecule has 0 bridgehead atoms. The second kappa shape index (κ2) is 6.71. The van der Waals surface area contributed by atoms with Crippen molar-refractivity contribution in [1.29, 1.82) is 0 Å². The largest absolute Gasteiger partial charge is 0.496 e. The van der Waals surface area contributed by atoms with Crippen LogP contribution in [-0.2, 0) is 4.79 Å². The summed E-state index contributed by atoms with van der Waals surface area (Å²) < 4.78 is 5.32. The monoisotopic (exact) mass is 337 g/mol. The van der Waals surface area contributed by atoms with E-state index in [0.717, 1.165) is 24.8 Å². The van der Waals surface area contributed by atoms with Crippen molar-refractivity contribution in [3.63, 3.8) is 0 Å². The Labute approximate surface area is 137 Å². The van der Waals surface area contributed by atoms with E-state index in [2.05, 4.69) is 15.2 Å². The van der Waals surface area contributed by atoms with Crippen molar-refractivity contribution in [3.8, 4) is 17.1 Å². The molecule has 116 valence electrons. The van der Waals surface area contributed by atoms with Gasteiger partial charge in [0.15, 0.2) is 5.82 Å². The Bertz CT molecular complexity index is 689. The number of Topliss-reactive ketones (excluding diaryl/α,β-unsaturated/α-hetero) is 1. The highest BCUT2D eigenvalue weighted by atomic mass is 35.5. The highest BCUT2D eigenvalue weighted by Gasteiger charge is 2.25. The first-order valence-electron chi connectivity index (χ1n) is 7.13. The molecule has 2 aromatic rings. The van der Waals surface area contributed by atoms with Gasteiger partial charge in [0.2, 0.25) is 5.16 Å². The molecule has 0 spiro atoms. The SMILES string of the molecule is COc1ccc(Cl)cc1-c1nc(S[C@H]2CCCCC2=O)n[nH]1. The maximum Gasteiger partial charge on any atom is 0.209 e. The minimum atomic E-state index is -0.0290. The topological polar surface area (TPSA) is 67.9 Å². The fourth-order valence-corrected chi connectivity index (χ4v) is 3.69. The number of ether oxygens (including phenoxy) is 1. The van der Waals surface area contributed by atoms with Crippen molar-refractivity contribution < 1.29 is 9.53 Å². The Hall–Kier alpha value is -1.53. The molecule has 1 aliphatic rings. The predicted octanol–water partition coefficient (Wildman–Crippen LogP) is 3.74. The summed E-state index contributed by atoms with van der Waals surface area (Å²) in [5, 5.41) is 8.25.